The molecule has 0 spiro atoms. The summed E-state index contributed by atoms with van der Waals surface area (Å²) in [5.41, 5.74) is 0.741. The molecule has 0 bridgehead atoms. The maximum absolute atomic E-state index is 13.4. The molecule has 0 saturated heterocycles. The molecule has 0 atom stereocenters. The van der Waals surface area contributed by atoms with Crippen molar-refractivity contribution in [3.05, 3.63) is 29.6 Å². The van der Waals surface area contributed by atoms with Gasteiger partial charge in [-0.25, -0.2) is 4.39 Å². The zero-order chi connectivity index (χ0) is 12.0. The van der Waals surface area contributed by atoms with Gasteiger partial charge in [-0.15, -0.1) is 23.2 Å². The topological polar surface area (TPSA) is 20.3 Å². The number of benzene rings is 1. The lowest BCUT2D eigenvalue weighted by Crippen LogP contribution is -2.27. The minimum absolute atomic E-state index is 0.0560. The Balaban J connectivity index is 2.91. The second kappa shape index (κ2) is 6.71. The van der Waals surface area contributed by atoms with E-state index >= 15 is 0 Å². The number of halogens is 3. The van der Waals surface area contributed by atoms with Gasteiger partial charge in [0, 0.05) is 30.5 Å². The van der Waals surface area contributed by atoms with Gasteiger partial charge in [0.1, 0.15) is 5.82 Å². The van der Waals surface area contributed by atoms with Gasteiger partial charge in [0.25, 0.3) is 0 Å². The van der Waals surface area contributed by atoms with Gasteiger partial charge in [-0.3, -0.25) is 4.79 Å². The van der Waals surface area contributed by atoms with Crippen molar-refractivity contribution < 1.29 is 9.18 Å². The molecule has 0 aliphatic carbocycles. The first kappa shape index (κ1) is 13.3. The minimum atomic E-state index is -0.526. The highest BCUT2D eigenvalue weighted by Gasteiger charge is 2.08. The average Bonchev–Trinajstić information content (AvgIpc) is 2.28. The quantitative estimate of drug-likeness (QED) is 0.581. The highest BCUT2D eigenvalue weighted by molar-refractivity contribution is 6.18. The van der Waals surface area contributed by atoms with Crippen LogP contribution in [0.3, 0.4) is 0 Å². The fourth-order valence-corrected chi connectivity index (χ4v) is 1.79. The van der Waals surface area contributed by atoms with Gasteiger partial charge in [-0.05, 0) is 18.2 Å². The summed E-state index contributed by atoms with van der Waals surface area (Å²) in [6.07, 6.45) is 0.493. The molecule has 5 heteroatoms. The van der Waals surface area contributed by atoms with Gasteiger partial charge < -0.3 is 4.90 Å². The molecule has 0 saturated carbocycles. The van der Waals surface area contributed by atoms with Crippen LogP contribution in [0.4, 0.5) is 10.1 Å². The Hall–Kier alpha value is -0.800. The number of rotatable bonds is 6. The van der Waals surface area contributed by atoms with Gasteiger partial charge in [0.05, 0.1) is 5.56 Å². The van der Waals surface area contributed by atoms with E-state index in [0.717, 1.165) is 0 Å². The maximum atomic E-state index is 13.4. The van der Waals surface area contributed by atoms with Crippen LogP contribution in [-0.4, -0.2) is 31.1 Å². The molecule has 0 heterocycles. The fourth-order valence-electron chi connectivity index (χ4n) is 1.38. The second-order valence-corrected chi connectivity index (χ2v) is 3.94. The third kappa shape index (κ3) is 3.35. The van der Waals surface area contributed by atoms with Gasteiger partial charge in [-0.1, -0.05) is 0 Å². The molecule has 0 radical (unpaired) electrons. The molecule has 88 valence electrons. The molecule has 1 aromatic rings. The monoisotopic (exact) mass is 263 g/mol. The van der Waals surface area contributed by atoms with Gasteiger partial charge >= 0.3 is 0 Å². The predicted molar refractivity (Wildman–Crippen MR) is 65.4 cm³/mol. The van der Waals surface area contributed by atoms with Crippen LogP contribution in [0.15, 0.2) is 18.2 Å². The van der Waals surface area contributed by atoms with Crippen LogP contribution in [-0.2, 0) is 0 Å². The molecular weight excluding hydrogens is 252 g/mol. The Morgan fingerprint density at radius 3 is 2.31 bits per heavy atom. The number of anilines is 1. The van der Waals surface area contributed by atoms with Gasteiger partial charge in [0.2, 0.25) is 0 Å². The first-order valence-corrected chi connectivity index (χ1v) is 5.91. The Labute approximate surface area is 104 Å². The molecule has 0 aliphatic heterocycles. The molecular formula is C11H12Cl2FNO. The van der Waals surface area contributed by atoms with Crippen LogP contribution >= 0.6 is 23.2 Å². The van der Waals surface area contributed by atoms with Crippen LogP contribution in [0.2, 0.25) is 0 Å². The Bertz CT molecular complexity index is 354. The normalized spacial score (nSPS) is 10.2. The van der Waals surface area contributed by atoms with E-state index in [1.54, 1.807) is 6.07 Å². The van der Waals surface area contributed by atoms with Crippen LogP contribution in [0.1, 0.15) is 10.4 Å². The number of nitrogens with zero attached hydrogens (tertiary/aromatic N) is 1. The zero-order valence-corrected chi connectivity index (χ0v) is 10.1. The van der Waals surface area contributed by atoms with Crippen molar-refractivity contribution in [1.29, 1.82) is 0 Å². The van der Waals surface area contributed by atoms with E-state index in [1.165, 1.54) is 12.1 Å². The number of hydrogen-bond acceptors (Lipinski definition) is 2. The molecule has 16 heavy (non-hydrogen) atoms. The van der Waals surface area contributed by atoms with Crippen molar-refractivity contribution in [3.8, 4) is 0 Å². The molecule has 2 nitrogen and oxygen atoms in total. The predicted octanol–water partition coefficient (Wildman–Crippen LogP) is 2.92. The molecule has 0 N–H and O–H groups in total. The number of hydrogen-bond donors (Lipinski definition) is 0. The van der Waals surface area contributed by atoms with Crippen molar-refractivity contribution in [2.75, 3.05) is 29.7 Å². The highest BCUT2D eigenvalue weighted by atomic mass is 35.5. The number of carbonyl (C=O) groups excluding carboxylic acids is 1. The van der Waals surface area contributed by atoms with Crippen molar-refractivity contribution in [2.24, 2.45) is 0 Å². The molecule has 0 aliphatic rings. The largest absolute Gasteiger partial charge is 0.369 e. The van der Waals surface area contributed by atoms with Crippen molar-refractivity contribution >= 4 is 35.2 Å². The van der Waals surface area contributed by atoms with E-state index in [4.69, 9.17) is 23.2 Å². The Morgan fingerprint density at radius 2 is 1.88 bits per heavy atom. The summed E-state index contributed by atoms with van der Waals surface area (Å²) >= 11 is 11.3. The molecule has 0 fully saturated rings. The average molecular weight is 264 g/mol. The summed E-state index contributed by atoms with van der Waals surface area (Å²) in [5, 5.41) is 0. The first-order valence-electron chi connectivity index (χ1n) is 4.84. The summed E-state index contributed by atoms with van der Waals surface area (Å²) < 4.78 is 13.4. The lowest BCUT2D eigenvalue weighted by atomic mass is 10.2. The highest BCUT2D eigenvalue weighted by Crippen LogP contribution is 2.18. The number of carbonyl (C=O) groups is 1. The van der Waals surface area contributed by atoms with E-state index in [9.17, 15) is 9.18 Å². The fraction of sp³-hybridized carbons (Fsp3) is 0.364. The molecule has 0 unspecified atom stereocenters. The maximum Gasteiger partial charge on any atom is 0.152 e. The molecule has 1 aromatic carbocycles. The summed E-state index contributed by atoms with van der Waals surface area (Å²) in [4.78, 5) is 12.3. The van der Waals surface area contributed by atoms with E-state index in [1.807, 2.05) is 4.90 Å². The second-order valence-electron chi connectivity index (χ2n) is 3.19. The third-order valence-corrected chi connectivity index (χ3v) is 2.52. The van der Waals surface area contributed by atoms with Crippen LogP contribution in [0.5, 0.6) is 0 Å². The zero-order valence-electron chi connectivity index (χ0n) is 8.63. The van der Waals surface area contributed by atoms with E-state index in [2.05, 4.69) is 0 Å². The number of aldehydes is 1. The standard InChI is InChI=1S/C11H12Cl2FNO/c12-3-5-15(6-4-13)10-2-1-9(8-16)11(14)7-10/h1-2,7-8H,3-6H2. The van der Waals surface area contributed by atoms with Gasteiger partial charge in [-0.2, -0.15) is 0 Å². The lowest BCUT2D eigenvalue weighted by molar-refractivity contribution is 0.112. The summed E-state index contributed by atoms with van der Waals surface area (Å²) in [5.74, 6) is 0.351. The van der Waals surface area contributed by atoms with E-state index in [0.29, 0.717) is 36.8 Å². The molecule has 1 rings (SSSR count). The van der Waals surface area contributed by atoms with E-state index in [-0.39, 0.29) is 5.56 Å². The number of alkyl halides is 2. The van der Waals surface area contributed by atoms with Crippen molar-refractivity contribution in [1.82, 2.24) is 0 Å². The lowest BCUT2D eigenvalue weighted by Gasteiger charge is -2.22. The van der Waals surface area contributed by atoms with Gasteiger partial charge in [0.15, 0.2) is 6.29 Å². The molecule has 0 amide bonds. The third-order valence-electron chi connectivity index (χ3n) is 2.19. The van der Waals surface area contributed by atoms with E-state index < -0.39 is 5.82 Å². The minimum Gasteiger partial charge on any atom is -0.369 e. The Kier molecular flexibility index (Phi) is 5.56. The van der Waals surface area contributed by atoms with Crippen LogP contribution in [0, 0.1) is 5.82 Å². The van der Waals surface area contributed by atoms with Crippen molar-refractivity contribution in [2.45, 2.75) is 0 Å². The Morgan fingerprint density at radius 1 is 1.25 bits per heavy atom. The summed E-state index contributed by atoms with van der Waals surface area (Å²) in [6.45, 7) is 1.18. The van der Waals surface area contributed by atoms with Crippen LogP contribution < -0.4 is 4.90 Å². The smallest absolute Gasteiger partial charge is 0.152 e. The SMILES string of the molecule is O=Cc1ccc(N(CCCl)CCCl)cc1F. The molecule has 0 aromatic heterocycles. The summed E-state index contributed by atoms with van der Waals surface area (Å²) in [6, 6.07) is 4.46. The first-order chi connectivity index (χ1) is 7.72. The van der Waals surface area contributed by atoms with Crippen molar-refractivity contribution in [3.63, 3.8) is 0 Å². The van der Waals surface area contributed by atoms with Crippen LogP contribution in [0.25, 0.3) is 0 Å². The summed E-state index contributed by atoms with van der Waals surface area (Å²) in [7, 11) is 0.